The molecule has 1 aliphatic rings. The molecule has 0 bridgehead atoms. The highest BCUT2D eigenvalue weighted by molar-refractivity contribution is 7.80. The van der Waals surface area contributed by atoms with Gasteiger partial charge in [-0.2, -0.15) is 0 Å². The Morgan fingerprint density at radius 3 is 2.56 bits per heavy atom. The summed E-state index contributed by atoms with van der Waals surface area (Å²) in [6, 6.07) is 0. The Hall–Kier alpha value is -0.640. The molecular formula is C12H22N2OS. The Labute approximate surface area is 103 Å². The van der Waals surface area contributed by atoms with Gasteiger partial charge in [-0.05, 0) is 24.7 Å². The third-order valence-electron chi connectivity index (χ3n) is 3.04. The van der Waals surface area contributed by atoms with Crippen molar-refractivity contribution in [3.05, 3.63) is 0 Å². The fraction of sp³-hybridized carbons (Fsp3) is 0.833. The van der Waals surface area contributed by atoms with Crippen LogP contribution in [-0.4, -0.2) is 17.4 Å². The molecule has 0 saturated heterocycles. The summed E-state index contributed by atoms with van der Waals surface area (Å²) in [5, 5.41) is 2.92. The van der Waals surface area contributed by atoms with Gasteiger partial charge in [-0.25, -0.2) is 0 Å². The van der Waals surface area contributed by atoms with Gasteiger partial charge >= 0.3 is 0 Å². The molecule has 1 fully saturated rings. The molecule has 0 spiro atoms. The van der Waals surface area contributed by atoms with Crippen molar-refractivity contribution in [3.8, 4) is 0 Å². The maximum Gasteiger partial charge on any atom is 0.230 e. The van der Waals surface area contributed by atoms with Gasteiger partial charge in [0.1, 0.15) is 0 Å². The van der Waals surface area contributed by atoms with E-state index in [1.54, 1.807) is 0 Å². The second kappa shape index (κ2) is 6.18. The first-order chi connectivity index (χ1) is 7.52. The third-order valence-corrected chi connectivity index (χ3v) is 3.29. The number of amides is 1. The van der Waals surface area contributed by atoms with E-state index in [4.69, 9.17) is 18.0 Å². The monoisotopic (exact) mass is 242 g/mol. The Balaban J connectivity index is 2.22. The zero-order valence-electron chi connectivity index (χ0n) is 10.2. The highest BCUT2D eigenvalue weighted by Gasteiger charge is 2.25. The maximum absolute atomic E-state index is 11.8. The minimum Gasteiger partial charge on any atom is -0.393 e. The number of thiocarbonyl (C=S) groups is 1. The molecule has 0 aromatic rings. The van der Waals surface area contributed by atoms with Crippen molar-refractivity contribution < 1.29 is 4.79 Å². The van der Waals surface area contributed by atoms with Crippen molar-refractivity contribution in [1.82, 2.24) is 5.32 Å². The van der Waals surface area contributed by atoms with Gasteiger partial charge in [0, 0.05) is 6.54 Å². The molecule has 1 saturated carbocycles. The molecule has 1 rings (SSSR count). The zero-order chi connectivity index (χ0) is 12.1. The summed E-state index contributed by atoms with van der Waals surface area (Å²) >= 11 is 4.92. The van der Waals surface area contributed by atoms with Crippen molar-refractivity contribution in [2.24, 2.45) is 23.5 Å². The first kappa shape index (κ1) is 13.4. The highest BCUT2D eigenvalue weighted by atomic mass is 32.1. The van der Waals surface area contributed by atoms with Crippen molar-refractivity contribution in [3.63, 3.8) is 0 Å². The van der Waals surface area contributed by atoms with Crippen LogP contribution in [0.2, 0.25) is 0 Å². The fourth-order valence-corrected chi connectivity index (χ4v) is 2.26. The van der Waals surface area contributed by atoms with E-state index in [1.807, 2.05) is 13.8 Å². The predicted molar refractivity (Wildman–Crippen MR) is 70.1 cm³/mol. The Morgan fingerprint density at radius 1 is 1.50 bits per heavy atom. The highest BCUT2D eigenvalue weighted by Crippen LogP contribution is 2.33. The minimum absolute atomic E-state index is 0.0155. The average Bonchev–Trinajstić information content (AvgIpc) is 2.94. The van der Waals surface area contributed by atoms with Crippen LogP contribution < -0.4 is 11.1 Å². The van der Waals surface area contributed by atoms with Crippen LogP contribution in [0.5, 0.6) is 0 Å². The van der Waals surface area contributed by atoms with E-state index in [2.05, 4.69) is 5.32 Å². The van der Waals surface area contributed by atoms with Crippen LogP contribution in [0.4, 0.5) is 0 Å². The summed E-state index contributed by atoms with van der Waals surface area (Å²) < 4.78 is 0. The molecule has 1 unspecified atom stereocenters. The lowest BCUT2D eigenvalue weighted by Crippen LogP contribution is -2.41. The minimum atomic E-state index is -0.323. The van der Waals surface area contributed by atoms with Gasteiger partial charge in [0.15, 0.2) is 0 Å². The average molecular weight is 242 g/mol. The number of rotatable bonds is 7. The zero-order valence-corrected chi connectivity index (χ0v) is 11.0. The normalized spacial score (nSPS) is 17.2. The Morgan fingerprint density at radius 2 is 2.12 bits per heavy atom. The molecule has 4 heteroatoms. The second-order valence-electron chi connectivity index (χ2n) is 5.00. The molecule has 1 amide bonds. The molecule has 0 aliphatic heterocycles. The van der Waals surface area contributed by atoms with Crippen LogP contribution in [0.1, 0.15) is 39.5 Å². The number of hydrogen-bond acceptors (Lipinski definition) is 2. The number of nitrogens with one attached hydrogen (secondary N) is 1. The van der Waals surface area contributed by atoms with Crippen LogP contribution in [0.25, 0.3) is 0 Å². The lowest BCUT2D eigenvalue weighted by molar-refractivity contribution is -0.123. The van der Waals surface area contributed by atoms with Crippen molar-refractivity contribution in [2.75, 3.05) is 6.54 Å². The molecule has 16 heavy (non-hydrogen) atoms. The Kier molecular flexibility index (Phi) is 5.19. The summed E-state index contributed by atoms with van der Waals surface area (Å²) in [5.74, 6) is 0.753. The molecule has 92 valence electrons. The van der Waals surface area contributed by atoms with Gasteiger partial charge in [-0.1, -0.05) is 38.9 Å². The SMILES string of the molecule is CC(C)C(C(=O)NCCCC1CC1)C(N)=S. The van der Waals surface area contributed by atoms with Gasteiger partial charge in [0.2, 0.25) is 5.91 Å². The smallest absolute Gasteiger partial charge is 0.230 e. The molecule has 1 atom stereocenters. The van der Waals surface area contributed by atoms with E-state index in [-0.39, 0.29) is 17.7 Å². The molecule has 3 N–H and O–H groups in total. The molecule has 0 heterocycles. The van der Waals surface area contributed by atoms with Crippen LogP contribution in [0.3, 0.4) is 0 Å². The first-order valence-corrected chi connectivity index (χ1v) is 6.50. The molecule has 0 aromatic heterocycles. The standard InChI is InChI=1S/C12H22N2OS/c1-8(2)10(11(13)16)12(15)14-7-3-4-9-5-6-9/h8-10H,3-7H2,1-2H3,(H2,13,16)(H,14,15). The van der Waals surface area contributed by atoms with E-state index >= 15 is 0 Å². The van der Waals surface area contributed by atoms with Crippen LogP contribution >= 0.6 is 12.2 Å². The Bertz CT molecular complexity index is 262. The van der Waals surface area contributed by atoms with Crippen LogP contribution in [0, 0.1) is 17.8 Å². The summed E-state index contributed by atoms with van der Waals surface area (Å²) in [6.07, 6.45) is 5.04. The van der Waals surface area contributed by atoms with Crippen molar-refractivity contribution >= 4 is 23.1 Å². The third kappa shape index (κ3) is 4.47. The first-order valence-electron chi connectivity index (χ1n) is 6.09. The second-order valence-corrected chi connectivity index (χ2v) is 5.47. The molecule has 1 aliphatic carbocycles. The van der Waals surface area contributed by atoms with Crippen LogP contribution in [0.15, 0.2) is 0 Å². The summed E-state index contributed by atoms with van der Waals surface area (Å²) in [6.45, 7) is 4.68. The summed E-state index contributed by atoms with van der Waals surface area (Å²) in [5.41, 5.74) is 5.57. The van der Waals surface area contributed by atoms with Gasteiger partial charge in [-0.3, -0.25) is 4.79 Å². The topological polar surface area (TPSA) is 55.1 Å². The van der Waals surface area contributed by atoms with E-state index in [1.165, 1.54) is 19.3 Å². The van der Waals surface area contributed by atoms with Crippen LogP contribution in [-0.2, 0) is 4.79 Å². The predicted octanol–water partition coefficient (Wildman–Crippen LogP) is 1.85. The molecule has 0 aromatic carbocycles. The van der Waals surface area contributed by atoms with Gasteiger partial charge in [0.05, 0.1) is 10.9 Å². The fourth-order valence-electron chi connectivity index (χ4n) is 1.88. The van der Waals surface area contributed by atoms with E-state index in [0.29, 0.717) is 4.99 Å². The molecular weight excluding hydrogens is 220 g/mol. The van der Waals surface area contributed by atoms with E-state index in [0.717, 1.165) is 18.9 Å². The molecule has 3 nitrogen and oxygen atoms in total. The number of nitrogens with two attached hydrogens (primary N) is 1. The van der Waals surface area contributed by atoms with Gasteiger partial charge in [0.25, 0.3) is 0 Å². The van der Waals surface area contributed by atoms with Crippen molar-refractivity contribution in [1.29, 1.82) is 0 Å². The summed E-state index contributed by atoms with van der Waals surface area (Å²) in [4.78, 5) is 12.1. The van der Waals surface area contributed by atoms with E-state index < -0.39 is 0 Å². The maximum atomic E-state index is 11.8. The number of carbonyl (C=O) groups is 1. The van der Waals surface area contributed by atoms with Crippen molar-refractivity contribution in [2.45, 2.75) is 39.5 Å². The lowest BCUT2D eigenvalue weighted by Gasteiger charge is -2.18. The summed E-state index contributed by atoms with van der Waals surface area (Å²) in [7, 11) is 0. The van der Waals surface area contributed by atoms with Gasteiger partial charge in [-0.15, -0.1) is 0 Å². The lowest BCUT2D eigenvalue weighted by atomic mass is 9.95. The molecule has 0 radical (unpaired) electrons. The van der Waals surface area contributed by atoms with Gasteiger partial charge < -0.3 is 11.1 Å². The number of hydrogen-bond donors (Lipinski definition) is 2. The number of carbonyl (C=O) groups excluding carboxylic acids is 1. The quantitative estimate of drug-likeness (QED) is 0.529. The largest absolute Gasteiger partial charge is 0.393 e. The van der Waals surface area contributed by atoms with E-state index in [9.17, 15) is 4.79 Å².